The van der Waals surface area contributed by atoms with Crippen molar-refractivity contribution in [3.05, 3.63) is 71.3 Å². The van der Waals surface area contributed by atoms with Crippen LogP contribution in [0.5, 0.6) is 11.6 Å². The lowest BCUT2D eigenvalue weighted by Gasteiger charge is -2.10. The van der Waals surface area contributed by atoms with Crippen LogP contribution >= 0.6 is 11.6 Å². The maximum absolute atomic E-state index is 13.8. The van der Waals surface area contributed by atoms with Crippen molar-refractivity contribution in [2.75, 3.05) is 0 Å². The van der Waals surface area contributed by atoms with Crippen molar-refractivity contribution in [3.63, 3.8) is 0 Å². The lowest BCUT2D eigenvalue weighted by molar-refractivity contribution is -0.137. The molecule has 1 atom stereocenters. The van der Waals surface area contributed by atoms with Crippen LogP contribution < -0.4 is 10.5 Å². The summed E-state index contributed by atoms with van der Waals surface area (Å²) in [6.07, 6.45) is 3.29. The van der Waals surface area contributed by atoms with Gasteiger partial charge in [-0.2, -0.15) is 0 Å². The number of hydrogen-bond acceptors (Lipinski definition) is 5. The quantitative estimate of drug-likeness (QED) is 0.619. The van der Waals surface area contributed by atoms with E-state index in [1.165, 1.54) is 6.20 Å². The Morgan fingerprint density at radius 3 is 2.64 bits per heavy atom. The molecule has 0 aliphatic carbocycles. The molecule has 28 heavy (non-hydrogen) atoms. The first-order chi connectivity index (χ1) is 13.4. The molecule has 0 aliphatic heterocycles. The molecule has 6 nitrogen and oxygen atoms in total. The predicted molar refractivity (Wildman–Crippen MR) is 103 cm³/mol. The summed E-state index contributed by atoms with van der Waals surface area (Å²) in [6, 6.07) is 11.2. The first-order valence-corrected chi connectivity index (χ1v) is 8.80. The summed E-state index contributed by atoms with van der Waals surface area (Å²) in [6.45, 7) is 0. The van der Waals surface area contributed by atoms with Crippen LogP contribution in [0.3, 0.4) is 0 Å². The van der Waals surface area contributed by atoms with E-state index in [-0.39, 0.29) is 17.3 Å². The number of rotatable bonds is 7. The summed E-state index contributed by atoms with van der Waals surface area (Å²) < 4.78 is 19.2. The first kappa shape index (κ1) is 19.7. The molecule has 144 valence electrons. The topological polar surface area (TPSA) is 98.3 Å². The zero-order chi connectivity index (χ0) is 20.1. The van der Waals surface area contributed by atoms with Crippen molar-refractivity contribution in [2.45, 2.75) is 18.9 Å². The number of pyridine rings is 2. The highest BCUT2D eigenvalue weighted by molar-refractivity contribution is 6.30. The van der Waals surface area contributed by atoms with E-state index in [9.17, 15) is 9.18 Å². The second-order valence-corrected chi connectivity index (χ2v) is 6.61. The number of halogens is 2. The Bertz CT molecular complexity index is 983. The average molecular weight is 402 g/mol. The van der Waals surface area contributed by atoms with Gasteiger partial charge in [-0.05, 0) is 54.4 Å². The third kappa shape index (κ3) is 5.25. The van der Waals surface area contributed by atoms with Crippen LogP contribution in [0, 0.1) is 5.82 Å². The van der Waals surface area contributed by atoms with E-state index in [0.29, 0.717) is 17.9 Å². The number of carboxylic acid groups (broad SMARTS) is 1. The minimum absolute atomic E-state index is 0.0982. The monoisotopic (exact) mass is 401 g/mol. The SMILES string of the molecule is N[C@@H](CC(=O)O)Cc1ccnc(-c2ccc(Oc3ncc(Cl)cc3F)cc2)c1. The van der Waals surface area contributed by atoms with E-state index < -0.39 is 17.8 Å². The van der Waals surface area contributed by atoms with Crippen LogP contribution in [0.4, 0.5) is 4.39 Å². The van der Waals surface area contributed by atoms with Crippen molar-refractivity contribution >= 4 is 17.6 Å². The number of benzene rings is 1. The van der Waals surface area contributed by atoms with Gasteiger partial charge in [0.15, 0.2) is 5.82 Å². The van der Waals surface area contributed by atoms with Crippen molar-refractivity contribution < 1.29 is 19.0 Å². The summed E-state index contributed by atoms with van der Waals surface area (Å²) in [5.74, 6) is -1.32. The first-order valence-electron chi connectivity index (χ1n) is 8.42. The molecule has 0 saturated heterocycles. The highest BCUT2D eigenvalue weighted by Crippen LogP contribution is 2.27. The largest absolute Gasteiger partial charge is 0.481 e. The van der Waals surface area contributed by atoms with E-state index in [1.54, 1.807) is 36.5 Å². The van der Waals surface area contributed by atoms with Gasteiger partial charge in [-0.1, -0.05) is 11.6 Å². The normalized spacial score (nSPS) is 11.8. The smallest absolute Gasteiger partial charge is 0.304 e. The number of nitrogens with two attached hydrogens (primary N) is 1. The fourth-order valence-electron chi connectivity index (χ4n) is 2.64. The predicted octanol–water partition coefficient (Wildman–Crippen LogP) is 4.07. The molecule has 0 bridgehead atoms. The zero-order valence-corrected chi connectivity index (χ0v) is 15.4. The van der Waals surface area contributed by atoms with Crippen LogP contribution in [0.15, 0.2) is 54.9 Å². The Kier molecular flexibility index (Phi) is 6.18. The van der Waals surface area contributed by atoms with Gasteiger partial charge in [0.2, 0.25) is 0 Å². The fourth-order valence-corrected chi connectivity index (χ4v) is 2.79. The lowest BCUT2D eigenvalue weighted by atomic mass is 10.0. The molecule has 3 rings (SSSR count). The van der Waals surface area contributed by atoms with Gasteiger partial charge in [-0.25, -0.2) is 9.37 Å². The van der Waals surface area contributed by atoms with Gasteiger partial charge in [0.05, 0.1) is 17.1 Å². The number of aliphatic carboxylic acids is 1. The highest BCUT2D eigenvalue weighted by Gasteiger charge is 2.11. The molecule has 0 amide bonds. The Labute approximate surface area is 165 Å². The third-order valence-electron chi connectivity index (χ3n) is 3.90. The second kappa shape index (κ2) is 8.77. The molecule has 0 fully saturated rings. The second-order valence-electron chi connectivity index (χ2n) is 6.18. The van der Waals surface area contributed by atoms with E-state index in [1.807, 2.05) is 6.07 Å². The number of nitrogens with zero attached hydrogens (tertiary/aromatic N) is 2. The molecule has 2 heterocycles. The summed E-state index contributed by atoms with van der Waals surface area (Å²) >= 11 is 5.68. The molecule has 8 heteroatoms. The standard InChI is InChI=1S/C20H17ClFN3O3/c21-14-9-17(22)20(25-11-14)28-16-3-1-13(2-4-16)18-8-12(5-6-24-18)7-15(23)10-19(26)27/h1-6,8-9,11,15H,7,10,23H2,(H,26,27)/t15-/m1/s1. The Balaban J connectivity index is 1.72. The van der Waals surface area contributed by atoms with E-state index in [2.05, 4.69) is 9.97 Å². The number of carbonyl (C=O) groups is 1. The van der Waals surface area contributed by atoms with E-state index in [0.717, 1.165) is 17.2 Å². The van der Waals surface area contributed by atoms with Crippen molar-refractivity contribution in [1.29, 1.82) is 0 Å². The zero-order valence-electron chi connectivity index (χ0n) is 14.7. The van der Waals surface area contributed by atoms with Gasteiger partial charge in [-0.3, -0.25) is 9.78 Å². The average Bonchev–Trinajstić information content (AvgIpc) is 2.64. The van der Waals surface area contributed by atoms with Crippen LogP contribution in [-0.2, 0) is 11.2 Å². The molecule has 3 N–H and O–H groups in total. The summed E-state index contributed by atoms with van der Waals surface area (Å²) in [7, 11) is 0. The molecule has 2 aromatic heterocycles. The molecule has 0 unspecified atom stereocenters. The Hall–Kier alpha value is -3.03. The summed E-state index contributed by atoms with van der Waals surface area (Å²) in [4.78, 5) is 18.9. The van der Waals surface area contributed by atoms with E-state index >= 15 is 0 Å². The summed E-state index contributed by atoms with van der Waals surface area (Å²) in [5, 5.41) is 9.01. The molecule has 0 radical (unpaired) electrons. The van der Waals surface area contributed by atoms with Gasteiger partial charge in [0.1, 0.15) is 5.75 Å². The Morgan fingerprint density at radius 1 is 1.21 bits per heavy atom. The third-order valence-corrected chi connectivity index (χ3v) is 4.10. The molecule has 0 aliphatic rings. The number of ether oxygens (including phenoxy) is 1. The van der Waals surface area contributed by atoms with Gasteiger partial charge in [-0.15, -0.1) is 0 Å². The van der Waals surface area contributed by atoms with Crippen LogP contribution in [-0.4, -0.2) is 27.1 Å². The lowest BCUT2D eigenvalue weighted by Crippen LogP contribution is -2.26. The number of aromatic nitrogens is 2. The number of carboxylic acids is 1. The molecule has 0 spiro atoms. The minimum Gasteiger partial charge on any atom is -0.481 e. The van der Waals surface area contributed by atoms with Crippen LogP contribution in [0.1, 0.15) is 12.0 Å². The Morgan fingerprint density at radius 2 is 1.96 bits per heavy atom. The summed E-state index contributed by atoms with van der Waals surface area (Å²) in [5.41, 5.74) is 8.28. The molecule has 1 aromatic carbocycles. The maximum Gasteiger partial charge on any atom is 0.304 e. The van der Waals surface area contributed by atoms with Crippen molar-refractivity contribution in [2.24, 2.45) is 5.73 Å². The van der Waals surface area contributed by atoms with Gasteiger partial charge in [0, 0.05) is 24.0 Å². The van der Waals surface area contributed by atoms with Crippen molar-refractivity contribution in [3.8, 4) is 22.9 Å². The maximum atomic E-state index is 13.8. The van der Waals surface area contributed by atoms with Gasteiger partial charge < -0.3 is 15.6 Å². The van der Waals surface area contributed by atoms with Gasteiger partial charge in [0.25, 0.3) is 5.88 Å². The fraction of sp³-hybridized carbons (Fsp3) is 0.150. The van der Waals surface area contributed by atoms with Crippen LogP contribution in [0.25, 0.3) is 11.3 Å². The van der Waals surface area contributed by atoms with Gasteiger partial charge >= 0.3 is 5.97 Å². The van der Waals surface area contributed by atoms with Crippen molar-refractivity contribution in [1.82, 2.24) is 9.97 Å². The molecular formula is C20H17ClFN3O3. The molecule has 3 aromatic rings. The van der Waals surface area contributed by atoms with Crippen LogP contribution in [0.2, 0.25) is 5.02 Å². The highest BCUT2D eigenvalue weighted by atomic mass is 35.5. The number of hydrogen-bond donors (Lipinski definition) is 2. The minimum atomic E-state index is -0.927. The van der Waals surface area contributed by atoms with E-state index in [4.69, 9.17) is 27.2 Å². The molecule has 0 saturated carbocycles. The molecular weight excluding hydrogens is 385 g/mol.